The molecule has 0 amide bonds. The Morgan fingerprint density at radius 1 is 1.18 bits per heavy atom. The molecule has 6 nitrogen and oxygen atoms in total. The fourth-order valence-electron chi connectivity index (χ4n) is 2.15. The minimum absolute atomic E-state index is 0.567. The number of carbonyl (C=O) groups excluding carboxylic acids is 1. The van der Waals surface area contributed by atoms with Crippen LogP contribution in [0.2, 0.25) is 0 Å². The zero-order valence-electron chi connectivity index (χ0n) is 12.9. The first-order chi connectivity index (χ1) is 10.7. The maximum atomic E-state index is 11.1. The first kappa shape index (κ1) is 16.2. The standard InChI is InChI=1S/C16H21NO5/c1-19-13-5-7-14(8-6-13)21-11-10-17-9-3-4-15(12-17)22-16(18)20-2/h4-8H,3,9-12H2,1-2H3. The van der Waals surface area contributed by atoms with E-state index in [0.717, 1.165) is 31.0 Å². The van der Waals surface area contributed by atoms with Gasteiger partial charge in [-0.25, -0.2) is 4.79 Å². The van der Waals surface area contributed by atoms with Crippen LogP contribution in [0.5, 0.6) is 11.5 Å². The lowest BCUT2D eigenvalue weighted by Gasteiger charge is -2.26. The van der Waals surface area contributed by atoms with E-state index in [1.54, 1.807) is 7.11 Å². The van der Waals surface area contributed by atoms with Crippen LogP contribution in [0, 0.1) is 0 Å². The summed E-state index contributed by atoms with van der Waals surface area (Å²) >= 11 is 0. The quantitative estimate of drug-likeness (QED) is 0.752. The summed E-state index contributed by atoms with van der Waals surface area (Å²) in [6.07, 6.45) is 2.08. The largest absolute Gasteiger partial charge is 0.513 e. The Hall–Kier alpha value is -2.21. The zero-order valence-corrected chi connectivity index (χ0v) is 12.9. The lowest BCUT2D eigenvalue weighted by molar-refractivity contribution is 0.0859. The molecular weight excluding hydrogens is 286 g/mol. The van der Waals surface area contributed by atoms with E-state index in [4.69, 9.17) is 14.2 Å². The molecule has 1 heterocycles. The Balaban J connectivity index is 1.72. The van der Waals surface area contributed by atoms with E-state index >= 15 is 0 Å². The molecule has 1 aliphatic heterocycles. The average molecular weight is 307 g/mol. The van der Waals surface area contributed by atoms with Crippen LogP contribution in [0.1, 0.15) is 6.42 Å². The van der Waals surface area contributed by atoms with Crippen molar-refractivity contribution in [2.45, 2.75) is 6.42 Å². The van der Waals surface area contributed by atoms with Gasteiger partial charge < -0.3 is 18.9 Å². The third-order valence-electron chi connectivity index (χ3n) is 3.31. The molecule has 0 atom stereocenters. The Kier molecular flexibility index (Phi) is 6.09. The van der Waals surface area contributed by atoms with Crippen molar-refractivity contribution in [3.8, 4) is 11.5 Å². The summed E-state index contributed by atoms with van der Waals surface area (Å²) in [6, 6.07) is 7.48. The molecule has 0 aromatic heterocycles. The molecule has 0 aliphatic carbocycles. The van der Waals surface area contributed by atoms with Crippen molar-refractivity contribution in [3.05, 3.63) is 36.1 Å². The molecule has 0 radical (unpaired) electrons. The Morgan fingerprint density at radius 3 is 2.59 bits per heavy atom. The highest BCUT2D eigenvalue weighted by Crippen LogP contribution is 2.17. The molecule has 22 heavy (non-hydrogen) atoms. The lowest BCUT2D eigenvalue weighted by Crippen LogP contribution is -2.34. The minimum atomic E-state index is -0.678. The van der Waals surface area contributed by atoms with Crippen LogP contribution in [0.4, 0.5) is 4.79 Å². The van der Waals surface area contributed by atoms with Gasteiger partial charge in [0.25, 0.3) is 0 Å². The number of hydrogen-bond acceptors (Lipinski definition) is 6. The number of nitrogens with zero attached hydrogens (tertiary/aromatic N) is 1. The maximum absolute atomic E-state index is 11.1. The monoisotopic (exact) mass is 307 g/mol. The first-order valence-electron chi connectivity index (χ1n) is 7.15. The summed E-state index contributed by atoms with van der Waals surface area (Å²) in [4.78, 5) is 13.3. The van der Waals surface area contributed by atoms with Crippen LogP contribution < -0.4 is 9.47 Å². The van der Waals surface area contributed by atoms with Gasteiger partial charge in [-0.15, -0.1) is 0 Å². The third-order valence-corrected chi connectivity index (χ3v) is 3.31. The van der Waals surface area contributed by atoms with Gasteiger partial charge in [-0.3, -0.25) is 4.90 Å². The van der Waals surface area contributed by atoms with Crippen LogP contribution in [-0.4, -0.2) is 51.5 Å². The van der Waals surface area contributed by atoms with Gasteiger partial charge in [0, 0.05) is 13.1 Å². The van der Waals surface area contributed by atoms with E-state index in [-0.39, 0.29) is 0 Å². The fraction of sp³-hybridized carbons (Fsp3) is 0.438. The number of benzene rings is 1. The molecule has 6 heteroatoms. The Morgan fingerprint density at radius 2 is 1.91 bits per heavy atom. The topological polar surface area (TPSA) is 57.2 Å². The molecule has 1 aromatic carbocycles. The summed E-state index contributed by atoms with van der Waals surface area (Å²) in [5, 5.41) is 0. The summed E-state index contributed by atoms with van der Waals surface area (Å²) in [6.45, 7) is 2.83. The van der Waals surface area contributed by atoms with Crippen LogP contribution in [0.25, 0.3) is 0 Å². The molecular formula is C16H21NO5. The molecule has 0 bridgehead atoms. The summed E-state index contributed by atoms with van der Waals surface area (Å²) in [5.41, 5.74) is 0. The second kappa shape index (κ2) is 8.29. The highest BCUT2D eigenvalue weighted by Gasteiger charge is 2.16. The van der Waals surface area contributed by atoms with Gasteiger partial charge >= 0.3 is 6.16 Å². The molecule has 0 saturated heterocycles. The molecule has 0 saturated carbocycles. The van der Waals surface area contributed by atoms with Crippen molar-refractivity contribution in [2.24, 2.45) is 0 Å². The van der Waals surface area contributed by atoms with E-state index < -0.39 is 6.16 Å². The zero-order chi connectivity index (χ0) is 15.8. The van der Waals surface area contributed by atoms with Gasteiger partial charge in [0.2, 0.25) is 0 Å². The summed E-state index contributed by atoms with van der Waals surface area (Å²) in [7, 11) is 2.93. The molecule has 0 N–H and O–H groups in total. The van der Waals surface area contributed by atoms with E-state index in [2.05, 4.69) is 9.64 Å². The number of rotatable bonds is 6. The summed E-state index contributed by atoms with van der Waals surface area (Å²) < 4.78 is 20.4. The van der Waals surface area contributed by atoms with Gasteiger partial charge in [0.15, 0.2) is 0 Å². The molecule has 1 aromatic rings. The average Bonchev–Trinajstić information content (AvgIpc) is 2.56. The van der Waals surface area contributed by atoms with Gasteiger partial charge in [0.05, 0.1) is 20.8 Å². The van der Waals surface area contributed by atoms with E-state index in [0.29, 0.717) is 18.9 Å². The number of hydrogen-bond donors (Lipinski definition) is 0. The molecule has 0 unspecified atom stereocenters. The number of ether oxygens (including phenoxy) is 4. The van der Waals surface area contributed by atoms with Crippen molar-refractivity contribution in [2.75, 3.05) is 40.5 Å². The predicted octanol–water partition coefficient (Wildman–Crippen LogP) is 2.45. The lowest BCUT2D eigenvalue weighted by atomic mass is 10.2. The predicted molar refractivity (Wildman–Crippen MR) is 81.1 cm³/mol. The van der Waals surface area contributed by atoms with E-state index in [1.807, 2.05) is 30.3 Å². The fourth-order valence-corrected chi connectivity index (χ4v) is 2.15. The van der Waals surface area contributed by atoms with Crippen molar-refractivity contribution in [1.82, 2.24) is 4.90 Å². The number of carbonyl (C=O) groups is 1. The molecule has 1 aliphatic rings. The van der Waals surface area contributed by atoms with Crippen LogP contribution in [-0.2, 0) is 9.47 Å². The Bertz CT molecular complexity index is 512. The molecule has 0 spiro atoms. The second-order valence-electron chi connectivity index (χ2n) is 4.82. The normalized spacial score (nSPS) is 14.9. The SMILES string of the molecule is COC(=O)OC1=CCCN(CCOc2ccc(OC)cc2)C1. The maximum Gasteiger partial charge on any atom is 0.513 e. The number of methoxy groups -OCH3 is 2. The van der Waals surface area contributed by atoms with Gasteiger partial charge in [-0.05, 0) is 36.8 Å². The third kappa shape index (κ3) is 4.96. The van der Waals surface area contributed by atoms with Crippen LogP contribution in [0.15, 0.2) is 36.1 Å². The van der Waals surface area contributed by atoms with Crippen molar-refractivity contribution < 1.29 is 23.7 Å². The van der Waals surface area contributed by atoms with E-state index in [9.17, 15) is 4.79 Å². The van der Waals surface area contributed by atoms with Crippen LogP contribution in [0.3, 0.4) is 0 Å². The minimum Gasteiger partial charge on any atom is -0.497 e. The van der Waals surface area contributed by atoms with Crippen LogP contribution >= 0.6 is 0 Å². The molecule has 2 rings (SSSR count). The summed E-state index contributed by atoms with van der Waals surface area (Å²) in [5.74, 6) is 2.24. The highest BCUT2D eigenvalue weighted by atomic mass is 16.7. The van der Waals surface area contributed by atoms with Crippen molar-refractivity contribution >= 4 is 6.16 Å². The first-order valence-corrected chi connectivity index (χ1v) is 7.15. The van der Waals surface area contributed by atoms with Crippen molar-refractivity contribution in [1.29, 1.82) is 0 Å². The van der Waals surface area contributed by atoms with E-state index in [1.165, 1.54) is 7.11 Å². The molecule has 120 valence electrons. The van der Waals surface area contributed by atoms with Crippen molar-refractivity contribution in [3.63, 3.8) is 0 Å². The highest BCUT2D eigenvalue weighted by molar-refractivity contribution is 5.61. The van der Waals surface area contributed by atoms with Gasteiger partial charge in [0.1, 0.15) is 23.9 Å². The van der Waals surface area contributed by atoms with Gasteiger partial charge in [-0.1, -0.05) is 0 Å². The second-order valence-corrected chi connectivity index (χ2v) is 4.82. The Labute approximate surface area is 130 Å². The van der Waals surface area contributed by atoms with Gasteiger partial charge in [-0.2, -0.15) is 0 Å². The smallest absolute Gasteiger partial charge is 0.497 e. The molecule has 0 fully saturated rings.